The summed E-state index contributed by atoms with van der Waals surface area (Å²) in [5.74, 6) is 0.910. The molecule has 5 nitrogen and oxygen atoms in total. The quantitative estimate of drug-likeness (QED) is 0.738. The largest absolute Gasteiger partial charge is 0.494 e. The van der Waals surface area contributed by atoms with E-state index in [0.29, 0.717) is 13.0 Å². The van der Waals surface area contributed by atoms with Crippen molar-refractivity contribution in [3.05, 3.63) is 47.5 Å². The van der Waals surface area contributed by atoms with Crippen LogP contribution < -0.4 is 9.64 Å². The van der Waals surface area contributed by atoms with Crippen molar-refractivity contribution in [1.29, 1.82) is 0 Å². The molecule has 0 saturated carbocycles. The first-order valence-electron chi connectivity index (χ1n) is 9.34. The van der Waals surface area contributed by atoms with Gasteiger partial charge in [0.2, 0.25) is 0 Å². The Morgan fingerprint density at radius 2 is 1.96 bits per heavy atom. The van der Waals surface area contributed by atoms with E-state index in [9.17, 15) is 13.5 Å². The van der Waals surface area contributed by atoms with Crippen molar-refractivity contribution in [1.82, 2.24) is 0 Å². The number of hydrogen-bond donors (Lipinski definition) is 1. The maximum absolute atomic E-state index is 11.2. The number of nitrogens with zero attached hydrogens (tertiary/aromatic N) is 1. The third kappa shape index (κ3) is 4.82. The normalized spacial score (nSPS) is 13.7. The predicted octanol–water partition coefficient (Wildman–Crippen LogP) is 3.04. The lowest BCUT2D eigenvalue weighted by atomic mass is 9.96. The summed E-state index contributed by atoms with van der Waals surface area (Å²) in [7, 11) is -2.95. The molecule has 0 amide bonds. The lowest BCUT2D eigenvalue weighted by Crippen LogP contribution is -2.24. The molecular weight excluding hydrogens is 362 g/mol. The van der Waals surface area contributed by atoms with E-state index in [0.717, 1.165) is 36.4 Å². The Balaban J connectivity index is 1.85. The summed E-state index contributed by atoms with van der Waals surface area (Å²) in [6, 6.07) is 12.2. The second-order valence-corrected chi connectivity index (χ2v) is 9.25. The Morgan fingerprint density at radius 1 is 1.15 bits per heavy atom. The summed E-state index contributed by atoms with van der Waals surface area (Å²) in [5.41, 5.74) is 5.61. The van der Waals surface area contributed by atoms with Crippen molar-refractivity contribution in [2.75, 3.05) is 36.6 Å². The highest BCUT2D eigenvalue weighted by Crippen LogP contribution is 2.38. The van der Waals surface area contributed by atoms with E-state index in [4.69, 9.17) is 4.74 Å². The number of aliphatic hydroxyl groups is 1. The van der Waals surface area contributed by atoms with Gasteiger partial charge in [0.15, 0.2) is 0 Å². The van der Waals surface area contributed by atoms with E-state index < -0.39 is 9.84 Å². The van der Waals surface area contributed by atoms with Gasteiger partial charge in [-0.25, -0.2) is 8.42 Å². The van der Waals surface area contributed by atoms with Crippen molar-refractivity contribution in [3.8, 4) is 16.9 Å². The Labute approximate surface area is 161 Å². The second-order valence-electron chi connectivity index (χ2n) is 6.99. The molecule has 1 N–H and O–H groups in total. The third-order valence-corrected chi connectivity index (χ3v) is 5.94. The van der Waals surface area contributed by atoms with Gasteiger partial charge < -0.3 is 14.7 Å². The minimum Gasteiger partial charge on any atom is -0.494 e. The maximum Gasteiger partial charge on any atom is 0.147 e. The van der Waals surface area contributed by atoms with E-state index in [-0.39, 0.29) is 12.4 Å². The van der Waals surface area contributed by atoms with Gasteiger partial charge in [-0.15, -0.1) is 0 Å². The molecule has 2 aromatic rings. The monoisotopic (exact) mass is 389 g/mol. The van der Waals surface area contributed by atoms with E-state index in [2.05, 4.69) is 36.1 Å². The summed E-state index contributed by atoms with van der Waals surface area (Å²) in [6.07, 6.45) is 2.64. The molecule has 0 aliphatic carbocycles. The SMILES string of the molecule is CCN1CCc2cc(OCCCS(C)(=O)=O)ccc2-c2cc(CO)ccc21. The van der Waals surface area contributed by atoms with Crippen LogP contribution in [0.4, 0.5) is 5.69 Å². The Bertz CT molecular complexity index is 908. The number of ether oxygens (including phenoxy) is 1. The number of hydrogen-bond acceptors (Lipinski definition) is 5. The smallest absolute Gasteiger partial charge is 0.147 e. The second kappa shape index (κ2) is 8.31. The standard InChI is InChI=1S/C21H27NO4S/c1-3-22-10-9-17-14-18(26-11-4-12-27(2,24)25)6-7-19(17)20-13-16(15-23)5-8-21(20)22/h5-8,13-14,23H,3-4,9-12,15H2,1-2H3. The van der Waals surface area contributed by atoms with Gasteiger partial charge in [0.1, 0.15) is 15.6 Å². The number of likely N-dealkylation sites (N-methyl/N-ethyl adjacent to an activating group) is 1. The number of aliphatic hydroxyl groups excluding tert-OH is 1. The highest BCUT2D eigenvalue weighted by molar-refractivity contribution is 7.90. The summed E-state index contributed by atoms with van der Waals surface area (Å²) < 4.78 is 28.2. The van der Waals surface area contributed by atoms with Crippen LogP contribution in [0.5, 0.6) is 5.75 Å². The van der Waals surface area contributed by atoms with Crippen molar-refractivity contribution in [2.45, 2.75) is 26.4 Å². The van der Waals surface area contributed by atoms with E-state index >= 15 is 0 Å². The minimum absolute atomic E-state index is 0.0241. The highest BCUT2D eigenvalue weighted by atomic mass is 32.2. The Morgan fingerprint density at radius 3 is 2.67 bits per heavy atom. The molecule has 2 aromatic carbocycles. The molecule has 1 heterocycles. The summed E-state index contributed by atoms with van der Waals surface area (Å²) in [5, 5.41) is 9.53. The lowest BCUT2D eigenvalue weighted by molar-refractivity contribution is 0.282. The molecule has 0 aromatic heterocycles. The van der Waals surface area contributed by atoms with Gasteiger partial charge in [0, 0.05) is 30.6 Å². The molecular formula is C21H27NO4S. The first kappa shape index (κ1) is 19.7. The van der Waals surface area contributed by atoms with Crippen LogP contribution in [0.1, 0.15) is 24.5 Å². The average Bonchev–Trinajstić information content (AvgIpc) is 2.80. The van der Waals surface area contributed by atoms with Crippen molar-refractivity contribution in [3.63, 3.8) is 0 Å². The average molecular weight is 390 g/mol. The number of rotatable bonds is 7. The summed E-state index contributed by atoms with van der Waals surface area (Å²) in [4.78, 5) is 2.35. The molecule has 1 aliphatic rings. The fourth-order valence-corrected chi connectivity index (χ4v) is 4.16. The zero-order chi connectivity index (χ0) is 19.4. The third-order valence-electron chi connectivity index (χ3n) is 4.91. The molecule has 3 rings (SSSR count). The van der Waals surface area contributed by atoms with Gasteiger partial charge in [-0.2, -0.15) is 0 Å². The molecule has 1 aliphatic heterocycles. The molecule has 0 radical (unpaired) electrons. The fourth-order valence-electron chi connectivity index (χ4n) is 3.52. The first-order valence-corrected chi connectivity index (χ1v) is 11.4. The van der Waals surface area contributed by atoms with Crippen LogP contribution in [-0.4, -0.2) is 45.2 Å². The zero-order valence-electron chi connectivity index (χ0n) is 15.9. The van der Waals surface area contributed by atoms with E-state index in [1.165, 1.54) is 23.1 Å². The van der Waals surface area contributed by atoms with Gasteiger partial charge >= 0.3 is 0 Å². The zero-order valence-corrected chi connectivity index (χ0v) is 16.8. The van der Waals surface area contributed by atoms with Gasteiger partial charge in [0.25, 0.3) is 0 Å². The number of anilines is 1. The van der Waals surface area contributed by atoms with Crippen molar-refractivity contribution >= 4 is 15.5 Å². The molecule has 0 fully saturated rings. The molecule has 27 heavy (non-hydrogen) atoms. The van der Waals surface area contributed by atoms with Crippen LogP contribution in [-0.2, 0) is 22.9 Å². The molecule has 6 heteroatoms. The van der Waals surface area contributed by atoms with Crippen molar-refractivity contribution in [2.24, 2.45) is 0 Å². The topological polar surface area (TPSA) is 66.8 Å². The predicted molar refractivity (Wildman–Crippen MR) is 109 cm³/mol. The Hall–Kier alpha value is -2.05. The maximum atomic E-state index is 11.2. The molecule has 0 spiro atoms. The number of fused-ring (bicyclic) bond motifs is 3. The van der Waals surface area contributed by atoms with Gasteiger partial charge in [-0.3, -0.25) is 0 Å². The van der Waals surface area contributed by atoms with Crippen LogP contribution in [0, 0.1) is 0 Å². The first-order chi connectivity index (χ1) is 12.9. The Kier molecular flexibility index (Phi) is 6.07. The van der Waals surface area contributed by atoms with Crippen LogP contribution in [0.2, 0.25) is 0 Å². The molecule has 0 atom stereocenters. The molecule has 0 saturated heterocycles. The highest BCUT2D eigenvalue weighted by Gasteiger charge is 2.19. The van der Waals surface area contributed by atoms with E-state index in [1.807, 2.05) is 12.1 Å². The molecule has 146 valence electrons. The van der Waals surface area contributed by atoms with Gasteiger partial charge in [-0.1, -0.05) is 12.1 Å². The molecule has 0 unspecified atom stereocenters. The van der Waals surface area contributed by atoms with Crippen LogP contribution in [0.25, 0.3) is 11.1 Å². The van der Waals surface area contributed by atoms with Crippen molar-refractivity contribution < 1.29 is 18.3 Å². The number of sulfone groups is 1. The van der Waals surface area contributed by atoms with Crippen LogP contribution in [0.15, 0.2) is 36.4 Å². The summed E-state index contributed by atoms with van der Waals surface area (Å²) >= 11 is 0. The van der Waals surface area contributed by atoms with Gasteiger partial charge in [-0.05, 0) is 60.7 Å². The van der Waals surface area contributed by atoms with E-state index in [1.54, 1.807) is 0 Å². The summed E-state index contributed by atoms with van der Waals surface area (Å²) in [6.45, 7) is 4.41. The minimum atomic E-state index is -2.95. The molecule has 0 bridgehead atoms. The van der Waals surface area contributed by atoms with Crippen LogP contribution in [0.3, 0.4) is 0 Å². The number of benzene rings is 2. The van der Waals surface area contributed by atoms with Gasteiger partial charge in [0.05, 0.1) is 19.0 Å². The van der Waals surface area contributed by atoms with Crippen LogP contribution >= 0.6 is 0 Å². The lowest BCUT2D eigenvalue weighted by Gasteiger charge is -2.23. The fraction of sp³-hybridized carbons (Fsp3) is 0.429.